The van der Waals surface area contributed by atoms with Crippen LogP contribution >= 0.6 is 11.6 Å². The number of nitrogens with zero attached hydrogens (tertiary/aromatic N) is 1. The van der Waals surface area contributed by atoms with Crippen molar-refractivity contribution in [3.05, 3.63) is 50.8 Å². The molecule has 0 amide bonds. The average molecular weight is 448 g/mol. The second kappa shape index (κ2) is 8.30. The van der Waals surface area contributed by atoms with Gasteiger partial charge in [-0.25, -0.2) is 4.79 Å². The van der Waals surface area contributed by atoms with Gasteiger partial charge in [-0.1, -0.05) is 25.4 Å². The Morgan fingerprint density at radius 1 is 1.32 bits per heavy atom. The minimum atomic E-state index is -1.22. The zero-order chi connectivity index (χ0) is 22.3. The first-order valence-corrected chi connectivity index (χ1v) is 10.6. The number of ether oxygens (including phenoxy) is 3. The van der Waals surface area contributed by atoms with Crippen molar-refractivity contribution in [1.29, 1.82) is 0 Å². The first-order valence-electron chi connectivity index (χ1n) is 10.3. The van der Waals surface area contributed by atoms with Crippen molar-refractivity contribution in [1.82, 2.24) is 4.57 Å². The van der Waals surface area contributed by atoms with Crippen molar-refractivity contribution in [2.45, 2.75) is 26.3 Å². The van der Waals surface area contributed by atoms with E-state index in [-0.39, 0.29) is 22.9 Å². The van der Waals surface area contributed by atoms with Crippen LogP contribution in [0.2, 0.25) is 5.02 Å². The van der Waals surface area contributed by atoms with Gasteiger partial charge < -0.3 is 23.9 Å². The van der Waals surface area contributed by atoms with E-state index in [0.29, 0.717) is 49.3 Å². The number of hydrogen-bond donors (Lipinski definition) is 1. The first kappa shape index (κ1) is 21.9. The van der Waals surface area contributed by atoms with E-state index in [1.54, 1.807) is 13.2 Å². The average Bonchev–Trinajstić information content (AvgIpc) is 2.68. The third-order valence-corrected chi connectivity index (χ3v) is 6.40. The highest BCUT2D eigenvalue weighted by Crippen LogP contribution is 2.42. The van der Waals surface area contributed by atoms with Crippen LogP contribution in [0.3, 0.4) is 0 Å². The Bertz CT molecular complexity index is 1070. The molecule has 7 nitrogen and oxygen atoms in total. The molecule has 2 aliphatic rings. The van der Waals surface area contributed by atoms with Crippen LogP contribution in [-0.2, 0) is 15.9 Å². The molecule has 8 heteroatoms. The third kappa shape index (κ3) is 3.97. The molecule has 4 rings (SSSR count). The molecule has 1 N–H and O–H groups in total. The number of benzene rings is 1. The molecule has 0 bridgehead atoms. The lowest BCUT2D eigenvalue weighted by molar-refractivity contribution is -0.159. The fourth-order valence-corrected chi connectivity index (χ4v) is 4.55. The molecule has 31 heavy (non-hydrogen) atoms. The molecule has 0 spiro atoms. The maximum absolute atomic E-state index is 12.4. The summed E-state index contributed by atoms with van der Waals surface area (Å²) in [6.07, 6.45) is 2.14. The highest BCUT2D eigenvalue weighted by Gasteiger charge is 2.40. The Balaban J connectivity index is 1.73. The topological polar surface area (TPSA) is 87.0 Å². The van der Waals surface area contributed by atoms with Crippen molar-refractivity contribution in [3.8, 4) is 17.0 Å². The molecule has 1 saturated heterocycles. The maximum atomic E-state index is 12.4. The molecule has 1 fully saturated rings. The van der Waals surface area contributed by atoms with Crippen molar-refractivity contribution >= 4 is 17.6 Å². The van der Waals surface area contributed by atoms with Gasteiger partial charge in [-0.05, 0) is 30.0 Å². The number of carboxylic acids is 1. The molecule has 1 atom stereocenters. The van der Waals surface area contributed by atoms with Gasteiger partial charge in [-0.2, -0.15) is 0 Å². The van der Waals surface area contributed by atoms with Gasteiger partial charge in [0.15, 0.2) is 5.43 Å². The fourth-order valence-electron chi connectivity index (χ4n) is 4.33. The number of fused-ring (bicyclic) bond motifs is 3. The summed E-state index contributed by atoms with van der Waals surface area (Å²) in [5, 5.41) is 9.83. The number of methoxy groups -OCH3 is 1. The van der Waals surface area contributed by atoms with Crippen LogP contribution < -0.4 is 10.2 Å². The Morgan fingerprint density at radius 2 is 2.06 bits per heavy atom. The van der Waals surface area contributed by atoms with Gasteiger partial charge in [-0.3, -0.25) is 4.79 Å². The predicted octanol–water partition coefficient (Wildman–Crippen LogP) is 3.66. The van der Waals surface area contributed by atoms with Crippen molar-refractivity contribution in [2.75, 3.05) is 33.5 Å². The Labute approximate surface area is 185 Å². The lowest BCUT2D eigenvalue weighted by atomic mass is 9.87. The predicted molar refractivity (Wildman–Crippen MR) is 116 cm³/mol. The second-order valence-electron chi connectivity index (χ2n) is 8.82. The number of aromatic carboxylic acids is 1. The number of pyridine rings is 1. The summed E-state index contributed by atoms with van der Waals surface area (Å²) in [4.78, 5) is 23.9. The van der Waals surface area contributed by atoms with E-state index >= 15 is 0 Å². The summed E-state index contributed by atoms with van der Waals surface area (Å²) in [6, 6.07) is 5.14. The van der Waals surface area contributed by atoms with Gasteiger partial charge in [0.1, 0.15) is 17.9 Å². The van der Waals surface area contributed by atoms with Crippen molar-refractivity contribution < 1.29 is 24.1 Å². The molecular weight excluding hydrogens is 422 g/mol. The minimum absolute atomic E-state index is 0.00934. The molecule has 3 heterocycles. The van der Waals surface area contributed by atoms with E-state index in [0.717, 1.165) is 11.1 Å². The summed E-state index contributed by atoms with van der Waals surface area (Å²) in [5.41, 5.74) is 1.61. The third-order valence-electron chi connectivity index (χ3n) is 6.10. The van der Waals surface area contributed by atoms with Crippen LogP contribution in [0.4, 0.5) is 0 Å². The molecule has 1 aromatic carbocycles. The summed E-state index contributed by atoms with van der Waals surface area (Å²) >= 11 is 6.55. The summed E-state index contributed by atoms with van der Waals surface area (Å²) in [6.45, 7) is 6.31. The van der Waals surface area contributed by atoms with Crippen LogP contribution in [0.15, 0.2) is 29.2 Å². The zero-order valence-corrected chi connectivity index (χ0v) is 18.6. The molecule has 0 saturated carbocycles. The van der Waals surface area contributed by atoms with E-state index in [9.17, 15) is 14.7 Å². The molecule has 1 aromatic heterocycles. The van der Waals surface area contributed by atoms with E-state index in [1.807, 2.05) is 10.6 Å². The number of carbonyl (C=O) groups is 1. The monoisotopic (exact) mass is 447 g/mol. The van der Waals surface area contributed by atoms with Crippen LogP contribution in [0.5, 0.6) is 5.75 Å². The number of aromatic nitrogens is 1. The van der Waals surface area contributed by atoms with Gasteiger partial charge >= 0.3 is 5.97 Å². The second-order valence-corrected chi connectivity index (χ2v) is 9.23. The Kier molecular flexibility index (Phi) is 5.85. The summed E-state index contributed by atoms with van der Waals surface area (Å²) in [7, 11) is 1.66. The maximum Gasteiger partial charge on any atom is 0.341 e. The molecule has 0 aliphatic carbocycles. The normalized spacial score (nSPS) is 18.8. The minimum Gasteiger partial charge on any atom is -0.491 e. The summed E-state index contributed by atoms with van der Waals surface area (Å²) in [5.74, 6) is -0.406. The van der Waals surface area contributed by atoms with Gasteiger partial charge in [-0.15, -0.1) is 0 Å². The van der Waals surface area contributed by atoms with Gasteiger partial charge in [0.25, 0.3) is 0 Å². The van der Waals surface area contributed by atoms with Crippen molar-refractivity contribution in [2.24, 2.45) is 11.3 Å². The van der Waals surface area contributed by atoms with Crippen LogP contribution in [0, 0.1) is 11.3 Å². The number of carboxylic acid groups (broad SMARTS) is 1. The van der Waals surface area contributed by atoms with Crippen molar-refractivity contribution in [3.63, 3.8) is 0 Å². The standard InChI is InChI=1S/C23H26ClNO6/c1-13(2)18-4-14-5-21(31-12-23(9-29-3)10-30-11-23)17(24)6-15(14)19-7-20(26)16(22(27)28)8-25(18)19/h5-8,13,18H,4,9-12H2,1-3H3,(H,27,28)/t18-/m0/s1. The van der Waals surface area contributed by atoms with E-state index in [4.69, 9.17) is 25.8 Å². The molecule has 0 unspecified atom stereocenters. The largest absolute Gasteiger partial charge is 0.491 e. The fraction of sp³-hybridized carbons (Fsp3) is 0.478. The Morgan fingerprint density at radius 3 is 2.65 bits per heavy atom. The lowest BCUT2D eigenvalue weighted by Gasteiger charge is -2.40. The number of hydrogen-bond acceptors (Lipinski definition) is 5. The highest BCUT2D eigenvalue weighted by atomic mass is 35.5. The zero-order valence-electron chi connectivity index (χ0n) is 17.8. The quantitative estimate of drug-likeness (QED) is 0.697. The van der Waals surface area contributed by atoms with Crippen LogP contribution in [-0.4, -0.2) is 49.2 Å². The van der Waals surface area contributed by atoms with Crippen LogP contribution in [0.25, 0.3) is 11.3 Å². The van der Waals surface area contributed by atoms with E-state index < -0.39 is 11.4 Å². The van der Waals surface area contributed by atoms with E-state index in [1.165, 1.54) is 12.3 Å². The molecule has 166 valence electrons. The number of rotatable bonds is 7. The van der Waals surface area contributed by atoms with Gasteiger partial charge in [0, 0.05) is 31.0 Å². The SMILES string of the molecule is COCC1(COc2cc3c(cc2Cl)-c2cc(=O)c(C(=O)O)cn2[C@H](C(C)C)C3)COC1. The number of halogens is 1. The smallest absolute Gasteiger partial charge is 0.341 e. The molecular formula is C23H26ClNO6. The first-order chi connectivity index (χ1) is 14.7. The molecule has 2 aliphatic heterocycles. The van der Waals surface area contributed by atoms with Gasteiger partial charge in [0.2, 0.25) is 0 Å². The molecule has 2 aromatic rings. The highest BCUT2D eigenvalue weighted by molar-refractivity contribution is 6.32. The Hall–Kier alpha value is -2.35. The van der Waals surface area contributed by atoms with Gasteiger partial charge in [0.05, 0.1) is 36.0 Å². The van der Waals surface area contributed by atoms with E-state index in [2.05, 4.69) is 13.8 Å². The lowest BCUT2D eigenvalue weighted by Crippen LogP contribution is -2.50. The van der Waals surface area contributed by atoms with Crippen LogP contribution in [0.1, 0.15) is 35.8 Å². The summed E-state index contributed by atoms with van der Waals surface area (Å²) < 4.78 is 18.6. The molecule has 0 radical (unpaired) electrons.